The van der Waals surface area contributed by atoms with E-state index in [-0.39, 0.29) is 24.2 Å². The first kappa shape index (κ1) is 20.2. The Morgan fingerprint density at radius 2 is 1.87 bits per heavy atom. The maximum atomic E-state index is 13.0. The van der Waals surface area contributed by atoms with Crippen molar-refractivity contribution in [1.29, 1.82) is 0 Å². The number of amides is 2. The van der Waals surface area contributed by atoms with Crippen molar-refractivity contribution >= 4 is 46.9 Å². The lowest BCUT2D eigenvalue weighted by atomic mass is 10.1. The van der Waals surface area contributed by atoms with E-state index in [1.54, 1.807) is 42.5 Å². The number of halogens is 2. The third kappa shape index (κ3) is 4.56. The fourth-order valence-corrected chi connectivity index (χ4v) is 4.03. The molecule has 1 heterocycles. The van der Waals surface area contributed by atoms with Crippen LogP contribution in [0.2, 0.25) is 5.02 Å². The Bertz CT molecular complexity index is 1160. The molecule has 0 bridgehead atoms. The normalized spacial score (nSPS) is 14.2. The van der Waals surface area contributed by atoms with Crippen molar-refractivity contribution < 1.29 is 14.0 Å². The predicted molar refractivity (Wildman–Crippen MR) is 118 cm³/mol. The molecule has 2 amide bonds. The SMILES string of the molecule is O=C1Nc2cc(C(=O)NCc3ccc(F)cc3)ccc2SC1=Cc1ccccc1Cl. The number of hydrogen-bond donors (Lipinski definition) is 2. The Balaban J connectivity index is 1.49. The van der Waals surface area contributed by atoms with Crippen molar-refractivity contribution in [3.05, 3.63) is 99.2 Å². The van der Waals surface area contributed by atoms with Crippen LogP contribution < -0.4 is 10.6 Å². The molecule has 0 spiro atoms. The Morgan fingerprint density at radius 1 is 1.10 bits per heavy atom. The van der Waals surface area contributed by atoms with Gasteiger partial charge in [-0.05, 0) is 53.6 Å². The second kappa shape index (κ2) is 8.73. The van der Waals surface area contributed by atoms with Gasteiger partial charge in [-0.1, -0.05) is 53.7 Å². The fourth-order valence-electron chi connectivity index (χ4n) is 2.92. The van der Waals surface area contributed by atoms with Crippen molar-refractivity contribution in [2.24, 2.45) is 0 Å². The first-order chi connectivity index (χ1) is 14.5. The summed E-state index contributed by atoms with van der Waals surface area (Å²) in [4.78, 5) is 26.3. The number of fused-ring (bicyclic) bond motifs is 1. The second-order valence-corrected chi connectivity index (χ2v) is 8.10. The summed E-state index contributed by atoms with van der Waals surface area (Å²) in [6.45, 7) is 0.280. The monoisotopic (exact) mass is 438 g/mol. The maximum absolute atomic E-state index is 13.0. The number of benzene rings is 3. The lowest BCUT2D eigenvalue weighted by molar-refractivity contribution is -0.112. The predicted octanol–water partition coefficient (Wildman–Crippen LogP) is 5.49. The van der Waals surface area contributed by atoms with Gasteiger partial charge in [-0.25, -0.2) is 4.39 Å². The number of anilines is 1. The third-order valence-corrected chi connectivity index (χ3v) is 5.94. The summed E-state index contributed by atoms with van der Waals surface area (Å²) >= 11 is 7.50. The van der Waals surface area contributed by atoms with Crippen LogP contribution in [0.15, 0.2) is 76.5 Å². The van der Waals surface area contributed by atoms with E-state index in [1.165, 1.54) is 23.9 Å². The number of thioether (sulfide) groups is 1. The van der Waals surface area contributed by atoms with Gasteiger partial charge in [0.25, 0.3) is 11.8 Å². The number of rotatable bonds is 4. The largest absolute Gasteiger partial charge is 0.348 e. The summed E-state index contributed by atoms with van der Waals surface area (Å²) in [6.07, 6.45) is 1.74. The number of carbonyl (C=O) groups is 2. The van der Waals surface area contributed by atoms with E-state index < -0.39 is 0 Å². The topological polar surface area (TPSA) is 58.2 Å². The molecule has 7 heteroatoms. The van der Waals surface area contributed by atoms with E-state index in [9.17, 15) is 14.0 Å². The number of carbonyl (C=O) groups excluding carboxylic acids is 2. The van der Waals surface area contributed by atoms with Gasteiger partial charge in [0.05, 0.1) is 10.6 Å². The molecule has 0 saturated carbocycles. The minimum Gasteiger partial charge on any atom is -0.348 e. The first-order valence-electron chi connectivity index (χ1n) is 9.12. The van der Waals surface area contributed by atoms with Crippen LogP contribution in [0.25, 0.3) is 6.08 Å². The van der Waals surface area contributed by atoms with Crippen molar-refractivity contribution in [2.75, 3.05) is 5.32 Å². The average molecular weight is 439 g/mol. The Labute approximate surface area is 182 Å². The van der Waals surface area contributed by atoms with Crippen LogP contribution >= 0.6 is 23.4 Å². The highest BCUT2D eigenvalue weighted by atomic mass is 35.5. The summed E-state index contributed by atoms with van der Waals surface area (Å²) in [7, 11) is 0. The van der Waals surface area contributed by atoms with Crippen molar-refractivity contribution in [1.82, 2.24) is 5.32 Å². The van der Waals surface area contributed by atoms with Crippen LogP contribution in [-0.4, -0.2) is 11.8 Å². The van der Waals surface area contributed by atoms with Gasteiger partial charge in [0, 0.05) is 22.0 Å². The summed E-state index contributed by atoms with van der Waals surface area (Å²) < 4.78 is 13.0. The van der Waals surface area contributed by atoms with Gasteiger partial charge < -0.3 is 10.6 Å². The Kier molecular flexibility index (Phi) is 5.88. The summed E-state index contributed by atoms with van der Waals surface area (Å²) in [6, 6.07) is 18.4. The first-order valence-corrected chi connectivity index (χ1v) is 10.3. The molecule has 0 fully saturated rings. The van der Waals surface area contributed by atoms with E-state index in [0.29, 0.717) is 21.2 Å². The summed E-state index contributed by atoms with van der Waals surface area (Å²) in [5.74, 6) is -0.856. The molecule has 3 aromatic carbocycles. The molecule has 150 valence electrons. The van der Waals surface area contributed by atoms with E-state index >= 15 is 0 Å². The molecular formula is C23H16ClFN2O2S. The zero-order chi connectivity index (χ0) is 21.1. The van der Waals surface area contributed by atoms with Crippen LogP contribution in [0, 0.1) is 5.82 Å². The van der Waals surface area contributed by atoms with Crippen molar-refractivity contribution in [3.63, 3.8) is 0 Å². The van der Waals surface area contributed by atoms with E-state index in [2.05, 4.69) is 10.6 Å². The number of hydrogen-bond acceptors (Lipinski definition) is 3. The number of nitrogens with one attached hydrogen (secondary N) is 2. The lowest BCUT2D eigenvalue weighted by Gasteiger charge is -2.19. The van der Waals surface area contributed by atoms with Crippen molar-refractivity contribution in [3.8, 4) is 0 Å². The molecular weight excluding hydrogens is 423 g/mol. The Morgan fingerprint density at radius 3 is 2.63 bits per heavy atom. The standard InChI is InChI=1S/C23H16ClFN2O2S/c24-18-4-2-1-3-15(18)12-21-23(29)27-19-11-16(7-10-20(19)30-21)22(28)26-13-14-5-8-17(25)9-6-14/h1-12H,13H2,(H,26,28)(H,27,29). The van der Waals surface area contributed by atoms with E-state index in [0.717, 1.165) is 16.0 Å². The molecule has 0 saturated heterocycles. The molecule has 0 unspecified atom stereocenters. The zero-order valence-corrected chi connectivity index (χ0v) is 17.2. The highest BCUT2D eigenvalue weighted by Crippen LogP contribution is 2.39. The van der Waals surface area contributed by atoms with Gasteiger partial charge in [0.2, 0.25) is 0 Å². The molecule has 0 aromatic heterocycles. The molecule has 2 N–H and O–H groups in total. The minimum atomic E-state index is -0.323. The van der Waals surface area contributed by atoms with E-state index in [1.807, 2.05) is 18.2 Å². The lowest BCUT2D eigenvalue weighted by Crippen LogP contribution is -2.23. The fraction of sp³-hybridized carbons (Fsp3) is 0.0435. The molecule has 1 aliphatic rings. The van der Waals surface area contributed by atoms with Gasteiger partial charge in [0.15, 0.2) is 0 Å². The average Bonchev–Trinajstić information content (AvgIpc) is 2.75. The maximum Gasteiger partial charge on any atom is 0.262 e. The smallest absolute Gasteiger partial charge is 0.262 e. The molecule has 1 aliphatic heterocycles. The van der Waals surface area contributed by atoms with Gasteiger partial charge in [-0.15, -0.1) is 0 Å². The van der Waals surface area contributed by atoms with Gasteiger partial charge in [-0.2, -0.15) is 0 Å². The van der Waals surface area contributed by atoms with Gasteiger partial charge >= 0.3 is 0 Å². The van der Waals surface area contributed by atoms with Crippen LogP contribution in [0.5, 0.6) is 0 Å². The molecule has 4 nitrogen and oxygen atoms in total. The molecule has 3 aromatic rings. The minimum absolute atomic E-state index is 0.253. The van der Waals surface area contributed by atoms with Crippen LogP contribution in [0.3, 0.4) is 0 Å². The van der Waals surface area contributed by atoms with E-state index in [4.69, 9.17) is 11.6 Å². The van der Waals surface area contributed by atoms with Gasteiger partial charge in [0.1, 0.15) is 5.82 Å². The zero-order valence-electron chi connectivity index (χ0n) is 15.6. The summed E-state index contributed by atoms with van der Waals surface area (Å²) in [5.41, 5.74) is 2.56. The highest BCUT2D eigenvalue weighted by Gasteiger charge is 2.22. The van der Waals surface area contributed by atoms with Crippen LogP contribution in [0.1, 0.15) is 21.5 Å². The van der Waals surface area contributed by atoms with Crippen LogP contribution in [0.4, 0.5) is 10.1 Å². The third-order valence-electron chi connectivity index (χ3n) is 4.49. The molecule has 0 radical (unpaired) electrons. The molecule has 0 aliphatic carbocycles. The summed E-state index contributed by atoms with van der Waals surface area (Å²) in [5, 5.41) is 6.19. The van der Waals surface area contributed by atoms with Gasteiger partial charge in [-0.3, -0.25) is 9.59 Å². The molecule has 4 rings (SSSR count). The highest BCUT2D eigenvalue weighted by molar-refractivity contribution is 8.04. The quantitative estimate of drug-likeness (QED) is 0.529. The second-order valence-electron chi connectivity index (χ2n) is 6.61. The van der Waals surface area contributed by atoms with Crippen molar-refractivity contribution in [2.45, 2.75) is 11.4 Å². The Hall–Kier alpha value is -3.09. The molecule has 0 atom stereocenters. The molecule has 30 heavy (non-hydrogen) atoms. The van der Waals surface area contributed by atoms with Crippen LogP contribution in [-0.2, 0) is 11.3 Å².